The quantitative estimate of drug-likeness (QED) is 0.810. The maximum Gasteiger partial charge on any atom is 0.0811 e. The molecule has 0 bridgehead atoms. The van der Waals surface area contributed by atoms with E-state index >= 15 is 0 Å². The van der Waals surface area contributed by atoms with Crippen molar-refractivity contribution in [2.24, 2.45) is 0 Å². The average Bonchev–Trinajstić information content (AvgIpc) is 2.79. The van der Waals surface area contributed by atoms with Gasteiger partial charge in [-0.3, -0.25) is 4.90 Å². The predicted octanol–water partition coefficient (Wildman–Crippen LogP) is 4.33. The first-order valence-electron chi connectivity index (χ1n) is 9.67. The van der Waals surface area contributed by atoms with E-state index in [1.807, 2.05) is 0 Å². The number of rotatable bonds is 2. The predicted molar refractivity (Wildman–Crippen MR) is 103 cm³/mol. The van der Waals surface area contributed by atoms with Crippen molar-refractivity contribution in [3.63, 3.8) is 0 Å². The van der Waals surface area contributed by atoms with Gasteiger partial charge < -0.3 is 4.74 Å². The summed E-state index contributed by atoms with van der Waals surface area (Å²) < 4.78 is 6.37. The van der Waals surface area contributed by atoms with Gasteiger partial charge in [-0.2, -0.15) is 0 Å². The molecule has 2 aromatic rings. The lowest BCUT2D eigenvalue weighted by Gasteiger charge is -2.40. The van der Waals surface area contributed by atoms with Crippen LogP contribution in [0.2, 0.25) is 0 Å². The molecule has 0 N–H and O–H groups in total. The van der Waals surface area contributed by atoms with Gasteiger partial charge in [0.05, 0.1) is 12.7 Å². The van der Waals surface area contributed by atoms with Crippen molar-refractivity contribution < 1.29 is 4.74 Å². The van der Waals surface area contributed by atoms with E-state index in [2.05, 4.69) is 68.1 Å². The summed E-state index contributed by atoms with van der Waals surface area (Å²) >= 11 is 0. The van der Waals surface area contributed by atoms with Crippen LogP contribution in [0.25, 0.3) is 0 Å². The van der Waals surface area contributed by atoms with Gasteiger partial charge in [-0.15, -0.1) is 0 Å². The molecule has 2 atom stereocenters. The van der Waals surface area contributed by atoms with E-state index in [4.69, 9.17) is 4.74 Å². The minimum atomic E-state index is 0.232. The minimum Gasteiger partial charge on any atom is -0.375 e. The minimum absolute atomic E-state index is 0.232. The third-order valence-corrected chi connectivity index (χ3v) is 6.04. The first-order valence-corrected chi connectivity index (χ1v) is 9.67. The van der Waals surface area contributed by atoms with E-state index in [0.717, 1.165) is 32.5 Å². The van der Waals surface area contributed by atoms with Crippen LogP contribution in [-0.4, -0.2) is 36.7 Å². The lowest BCUT2D eigenvalue weighted by Crippen LogP contribution is -2.48. The van der Waals surface area contributed by atoms with Gasteiger partial charge in [0.1, 0.15) is 0 Å². The van der Waals surface area contributed by atoms with Crippen LogP contribution in [0.4, 0.5) is 0 Å². The highest BCUT2D eigenvalue weighted by Gasteiger charge is 2.35. The Balaban J connectivity index is 1.81. The number of benzene rings is 2. The molecule has 132 valence electrons. The molecular weight excluding hydrogens is 306 g/mol. The summed E-state index contributed by atoms with van der Waals surface area (Å²) in [6.45, 7) is 9.74. The SMILES string of the molecule is Cc1cccc2c1CCc1ccccc1C2C1CN(C(C)C)CCO1. The number of hydrogen-bond acceptors (Lipinski definition) is 2. The molecule has 0 saturated carbocycles. The molecule has 0 spiro atoms. The van der Waals surface area contributed by atoms with Crippen LogP contribution in [0.5, 0.6) is 0 Å². The highest BCUT2D eigenvalue weighted by Crippen LogP contribution is 2.39. The van der Waals surface area contributed by atoms with Gasteiger partial charge >= 0.3 is 0 Å². The number of morpholine rings is 1. The van der Waals surface area contributed by atoms with Crippen molar-refractivity contribution in [3.05, 3.63) is 70.3 Å². The molecular formula is C23H29NO. The van der Waals surface area contributed by atoms with Crippen LogP contribution in [0.15, 0.2) is 42.5 Å². The fourth-order valence-corrected chi connectivity index (χ4v) is 4.62. The largest absolute Gasteiger partial charge is 0.375 e. The van der Waals surface area contributed by atoms with Crippen LogP contribution >= 0.6 is 0 Å². The van der Waals surface area contributed by atoms with Crippen LogP contribution in [0.3, 0.4) is 0 Å². The first kappa shape index (κ1) is 16.8. The second-order valence-corrected chi connectivity index (χ2v) is 7.82. The lowest BCUT2D eigenvalue weighted by molar-refractivity contribution is -0.0456. The van der Waals surface area contributed by atoms with Gasteiger partial charge in [0, 0.05) is 25.0 Å². The third-order valence-electron chi connectivity index (χ3n) is 6.04. The molecule has 2 aliphatic rings. The number of fused-ring (bicyclic) bond motifs is 2. The maximum atomic E-state index is 6.37. The third kappa shape index (κ3) is 3.14. The van der Waals surface area contributed by atoms with Gasteiger partial charge in [0.15, 0.2) is 0 Å². The summed E-state index contributed by atoms with van der Waals surface area (Å²) in [4.78, 5) is 2.57. The van der Waals surface area contributed by atoms with Crippen LogP contribution < -0.4 is 0 Å². The Morgan fingerprint density at radius 1 is 1.00 bits per heavy atom. The Hall–Kier alpha value is -1.64. The van der Waals surface area contributed by atoms with Crippen molar-refractivity contribution >= 4 is 0 Å². The summed E-state index contributed by atoms with van der Waals surface area (Å²) in [7, 11) is 0. The van der Waals surface area contributed by atoms with Gasteiger partial charge in [-0.1, -0.05) is 42.5 Å². The van der Waals surface area contributed by atoms with Gasteiger partial charge in [-0.25, -0.2) is 0 Å². The molecule has 1 heterocycles. The molecule has 2 aromatic carbocycles. The molecule has 4 rings (SSSR count). The van der Waals surface area contributed by atoms with Crippen LogP contribution in [0.1, 0.15) is 47.6 Å². The molecule has 1 aliphatic carbocycles. The topological polar surface area (TPSA) is 12.5 Å². The Kier molecular flexibility index (Phi) is 4.66. The monoisotopic (exact) mass is 335 g/mol. The van der Waals surface area contributed by atoms with Gasteiger partial charge in [0.25, 0.3) is 0 Å². The van der Waals surface area contributed by atoms with Gasteiger partial charge in [0.2, 0.25) is 0 Å². The lowest BCUT2D eigenvalue weighted by atomic mass is 9.82. The normalized spacial score (nSPS) is 23.8. The zero-order valence-corrected chi connectivity index (χ0v) is 15.7. The number of aryl methyl sites for hydroxylation is 2. The van der Waals surface area contributed by atoms with E-state index < -0.39 is 0 Å². The molecule has 2 unspecified atom stereocenters. The van der Waals surface area contributed by atoms with Crippen LogP contribution in [0, 0.1) is 6.92 Å². The molecule has 2 heteroatoms. The number of hydrogen-bond donors (Lipinski definition) is 0. The number of ether oxygens (including phenoxy) is 1. The van der Waals surface area contributed by atoms with Crippen molar-refractivity contribution in [2.45, 2.75) is 51.7 Å². The molecule has 0 aromatic heterocycles. The van der Waals surface area contributed by atoms with Crippen molar-refractivity contribution in [1.82, 2.24) is 4.90 Å². The first-order chi connectivity index (χ1) is 12.1. The van der Waals surface area contributed by atoms with Crippen molar-refractivity contribution in [3.8, 4) is 0 Å². The van der Waals surface area contributed by atoms with E-state index in [1.54, 1.807) is 0 Å². The zero-order chi connectivity index (χ0) is 17.4. The molecule has 1 saturated heterocycles. The summed E-state index contributed by atoms with van der Waals surface area (Å²) in [5.41, 5.74) is 7.41. The Morgan fingerprint density at radius 2 is 1.80 bits per heavy atom. The molecule has 0 amide bonds. The molecule has 1 fully saturated rings. The molecule has 2 nitrogen and oxygen atoms in total. The molecule has 25 heavy (non-hydrogen) atoms. The fourth-order valence-electron chi connectivity index (χ4n) is 4.62. The summed E-state index contributed by atoms with van der Waals surface area (Å²) in [5.74, 6) is 0.343. The van der Waals surface area contributed by atoms with Crippen LogP contribution in [-0.2, 0) is 17.6 Å². The Labute approximate surface area is 151 Å². The van der Waals surface area contributed by atoms with E-state index in [9.17, 15) is 0 Å². The second-order valence-electron chi connectivity index (χ2n) is 7.82. The summed E-state index contributed by atoms with van der Waals surface area (Å²) in [5, 5.41) is 0. The Bertz CT molecular complexity index is 752. The summed E-state index contributed by atoms with van der Waals surface area (Å²) in [6.07, 6.45) is 2.50. The molecule has 0 radical (unpaired) electrons. The maximum absolute atomic E-state index is 6.37. The highest BCUT2D eigenvalue weighted by atomic mass is 16.5. The standard InChI is InChI=1S/C23H29NO/c1-16(2)24-13-14-25-22(15-24)23-20-9-5-4-8-18(20)11-12-19-17(3)7-6-10-21(19)23/h4-10,16,22-23H,11-15H2,1-3H3. The highest BCUT2D eigenvalue weighted by molar-refractivity contribution is 5.48. The van der Waals surface area contributed by atoms with E-state index in [-0.39, 0.29) is 6.10 Å². The van der Waals surface area contributed by atoms with E-state index in [0.29, 0.717) is 12.0 Å². The van der Waals surface area contributed by atoms with Crippen molar-refractivity contribution in [2.75, 3.05) is 19.7 Å². The van der Waals surface area contributed by atoms with Gasteiger partial charge in [-0.05, 0) is 61.4 Å². The Morgan fingerprint density at radius 3 is 2.64 bits per heavy atom. The van der Waals surface area contributed by atoms with E-state index in [1.165, 1.54) is 27.8 Å². The molecule has 1 aliphatic heterocycles. The number of nitrogens with zero attached hydrogens (tertiary/aromatic N) is 1. The summed E-state index contributed by atoms with van der Waals surface area (Å²) in [6, 6.07) is 16.4. The fraction of sp³-hybridized carbons (Fsp3) is 0.478. The second kappa shape index (κ2) is 6.93. The smallest absolute Gasteiger partial charge is 0.0811 e. The van der Waals surface area contributed by atoms with Crippen molar-refractivity contribution in [1.29, 1.82) is 0 Å². The zero-order valence-electron chi connectivity index (χ0n) is 15.7. The average molecular weight is 335 g/mol.